The second kappa shape index (κ2) is 16.5. The largest absolute Gasteiger partial charge is 0.382 e. The van der Waals surface area contributed by atoms with Crippen LogP contribution >= 0.6 is 0 Å². The van der Waals surface area contributed by atoms with Crippen LogP contribution in [0.15, 0.2) is 122 Å². The van der Waals surface area contributed by atoms with Gasteiger partial charge in [-0.2, -0.15) is 20.6 Å². The zero-order chi connectivity index (χ0) is 41.0. The van der Waals surface area contributed by atoms with Gasteiger partial charge in [0.15, 0.2) is 17.1 Å². The lowest BCUT2D eigenvalue weighted by Crippen LogP contribution is -2.10. The molecule has 294 valence electrons. The van der Waals surface area contributed by atoms with E-state index in [0.717, 1.165) is 74.8 Å². The minimum Gasteiger partial charge on any atom is -0.382 e. The Morgan fingerprint density at radius 2 is 1.19 bits per heavy atom. The van der Waals surface area contributed by atoms with Crippen LogP contribution in [-0.2, 0) is 0 Å². The van der Waals surface area contributed by atoms with Gasteiger partial charge in [0.05, 0.1) is 57.6 Å². The number of nitrogen functional groups attached to an aromatic ring is 1. The van der Waals surface area contributed by atoms with Gasteiger partial charge in [-0.15, -0.1) is 0 Å². The summed E-state index contributed by atoms with van der Waals surface area (Å²) >= 11 is 0. The fourth-order valence-corrected chi connectivity index (χ4v) is 6.68. The molecule has 0 bridgehead atoms. The number of H-pyrrole nitrogens is 1. The molecular formula is C46H43FN12. The number of anilines is 3. The highest BCUT2D eigenvalue weighted by Crippen LogP contribution is 2.32. The summed E-state index contributed by atoms with van der Waals surface area (Å²) in [6, 6.07) is 36.5. The van der Waals surface area contributed by atoms with Crippen molar-refractivity contribution in [2.45, 2.75) is 27.7 Å². The average molecular weight is 783 g/mol. The second-order valence-electron chi connectivity index (χ2n) is 15.1. The number of aromatic nitrogens is 8. The van der Waals surface area contributed by atoms with Crippen molar-refractivity contribution in [3.8, 4) is 51.1 Å². The zero-order valence-electron chi connectivity index (χ0n) is 33.1. The van der Waals surface area contributed by atoms with Crippen LogP contribution in [0.5, 0.6) is 0 Å². The number of nitrogens with zero attached hydrogens (tertiary/aromatic N) is 8. The normalized spacial score (nSPS) is 11.3. The Bertz CT molecular complexity index is 2940. The molecule has 0 aliphatic heterocycles. The number of aromatic amines is 1. The van der Waals surface area contributed by atoms with Crippen molar-refractivity contribution >= 4 is 39.4 Å². The molecule has 5 N–H and O–H groups in total. The molecule has 0 radical (unpaired) electrons. The number of fused-ring (bicyclic) bond motifs is 3. The predicted molar refractivity (Wildman–Crippen MR) is 233 cm³/mol. The fourth-order valence-electron chi connectivity index (χ4n) is 6.68. The van der Waals surface area contributed by atoms with Crippen molar-refractivity contribution in [1.82, 2.24) is 39.4 Å². The lowest BCUT2D eigenvalue weighted by molar-refractivity contribution is 0.624. The first-order chi connectivity index (χ1) is 28.7. The summed E-state index contributed by atoms with van der Waals surface area (Å²) in [6.07, 6.45) is 3.54. The Kier molecular flexibility index (Phi) is 10.7. The standard InChI is InChI=1S/C23H20FN5.C23H23N7/c1-15(2)13-26-21-11-20(16-6-4-3-5-7-16)28-29-22(14-27-23(21)29)17-8-9-18(12-25)19(24)10-17;1-14(2)12-25-20-11-18(15-6-4-3-5-7-15)29-30-21(13-26-23(20)30)16-8-9-17-19(10-16)27-28-22(17)24/h3-11,14-15,26H,13H2,1-2H3;3-11,13-14,25H,12H2,1-2H3,(H3,24,27,28). The molecule has 13 heteroatoms. The quantitative estimate of drug-likeness (QED) is 0.106. The summed E-state index contributed by atoms with van der Waals surface area (Å²) in [5.74, 6) is 0.920. The van der Waals surface area contributed by atoms with Gasteiger partial charge >= 0.3 is 0 Å². The van der Waals surface area contributed by atoms with Gasteiger partial charge in [-0.3, -0.25) is 5.10 Å². The smallest absolute Gasteiger partial charge is 0.177 e. The molecule has 9 rings (SSSR count). The van der Waals surface area contributed by atoms with Gasteiger partial charge < -0.3 is 16.4 Å². The van der Waals surface area contributed by atoms with Crippen LogP contribution in [0.1, 0.15) is 33.3 Å². The Balaban J connectivity index is 0.000000164. The van der Waals surface area contributed by atoms with Gasteiger partial charge in [-0.1, -0.05) is 100 Å². The third-order valence-electron chi connectivity index (χ3n) is 9.75. The average Bonchev–Trinajstić information content (AvgIpc) is 3.99. The van der Waals surface area contributed by atoms with Gasteiger partial charge in [0.1, 0.15) is 11.9 Å². The number of hydrogen-bond donors (Lipinski definition) is 4. The maximum absolute atomic E-state index is 14.2. The molecule has 9 aromatic rings. The van der Waals surface area contributed by atoms with E-state index < -0.39 is 5.82 Å². The van der Waals surface area contributed by atoms with E-state index in [-0.39, 0.29) is 5.56 Å². The van der Waals surface area contributed by atoms with E-state index in [2.05, 4.69) is 76.7 Å². The molecule has 4 aromatic carbocycles. The van der Waals surface area contributed by atoms with Crippen molar-refractivity contribution in [2.24, 2.45) is 11.8 Å². The third-order valence-corrected chi connectivity index (χ3v) is 9.75. The number of nitrogens with two attached hydrogens (primary N) is 1. The molecular weight excluding hydrogens is 740 g/mol. The van der Waals surface area contributed by atoms with Gasteiger partial charge in [-0.25, -0.2) is 23.4 Å². The van der Waals surface area contributed by atoms with Crippen molar-refractivity contribution in [3.05, 3.63) is 133 Å². The first kappa shape index (κ1) is 38.3. The number of rotatable bonds is 10. The second-order valence-corrected chi connectivity index (χ2v) is 15.1. The molecule has 5 heterocycles. The number of hydrogen-bond acceptors (Lipinski definition) is 9. The first-order valence-electron chi connectivity index (χ1n) is 19.5. The topological polar surface area (TPSA) is 163 Å². The summed E-state index contributed by atoms with van der Waals surface area (Å²) in [4.78, 5) is 9.21. The van der Waals surface area contributed by atoms with Crippen molar-refractivity contribution in [2.75, 3.05) is 29.5 Å². The third kappa shape index (κ3) is 8.01. The summed E-state index contributed by atoms with van der Waals surface area (Å²) < 4.78 is 17.8. The predicted octanol–water partition coefficient (Wildman–Crippen LogP) is 9.73. The molecule has 0 amide bonds. The van der Waals surface area contributed by atoms with Crippen LogP contribution < -0.4 is 16.4 Å². The van der Waals surface area contributed by atoms with E-state index in [0.29, 0.717) is 34.6 Å². The van der Waals surface area contributed by atoms with Crippen LogP contribution in [0, 0.1) is 29.0 Å². The highest BCUT2D eigenvalue weighted by atomic mass is 19.1. The molecule has 12 nitrogen and oxygen atoms in total. The van der Waals surface area contributed by atoms with Crippen molar-refractivity contribution < 1.29 is 4.39 Å². The maximum atomic E-state index is 14.2. The highest BCUT2D eigenvalue weighted by Gasteiger charge is 2.17. The van der Waals surface area contributed by atoms with E-state index in [1.54, 1.807) is 16.8 Å². The van der Waals surface area contributed by atoms with Crippen LogP contribution in [-0.4, -0.2) is 52.5 Å². The van der Waals surface area contributed by atoms with Gasteiger partial charge in [0.25, 0.3) is 0 Å². The summed E-state index contributed by atoms with van der Waals surface area (Å²) in [5.41, 5.74) is 17.0. The molecule has 0 atom stereocenters. The molecule has 0 fully saturated rings. The first-order valence-corrected chi connectivity index (χ1v) is 19.5. The molecule has 0 aliphatic rings. The van der Waals surface area contributed by atoms with E-state index in [9.17, 15) is 4.39 Å². The number of halogens is 1. The molecule has 5 aromatic heterocycles. The van der Waals surface area contributed by atoms with Crippen LogP contribution in [0.4, 0.5) is 21.6 Å². The van der Waals surface area contributed by atoms with Crippen LogP contribution in [0.25, 0.3) is 67.2 Å². The van der Waals surface area contributed by atoms with Gasteiger partial charge in [0, 0.05) is 40.7 Å². The van der Waals surface area contributed by atoms with Crippen molar-refractivity contribution in [1.29, 1.82) is 5.26 Å². The summed E-state index contributed by atoms with van der Waals surface area (Å²) in [6.45, 7) is 10.3. The molecule has 0 saturated heterocycles. The number of imidazole rings is 2. The Morgan fingerprint density at radius 3 is 1.68 bits per heavy atom. The van der Waals surface area contributed by atoms with Crippen LogP contribution in [0.3, 0.4) is 0 Å². The van der Waals surface area contributed by atoms with E-state index in [1.807, 2.05) is 89.6 Å². The number of nitriles is 1. The number of benzene rings is 4. The lowest BCUT2D eigenvalue weighted by atomic mass is 10.1. The maximum Gasteiger partial charge on any atom is 0.177 e. The Morgan fingerprint density at radius 1 is 0.678 bits per heavy atom. The molecule has 0 saturated carbocycles. The number of nitrogens with one attached hydrogen (secondary N) is 3. The summed E-state index contributed by atoms with van der Waals surface area (Å²) in [5, 5.41) is 33.6. The minimum absolute atomic E-state index is 0.0137. The van der Waals surface area contributed by atoms with E-state index in [1.165, 1.54) is 12.1 Å². The molecule has 59 heavy (non-hydrogen) atoms. The van der Waals surface area contributed by atoms with Crippen LogP contribution in [0.2, 0.25) is 0 Å². The van der Waals surface area contributed by atoms with Gasteiger partial charge in [-0.05, 0) is 48.2 Å². The summed E-state index contributed by atoms with van der Waals surface area (Å²) in [7, 11) is 0. The highest BCUT2D eigenvalue weighted by molar-refractivity contribution is 5.92. The van der Waals surface area contributed by atoms with E-state index in [4.69, 9.17) is 21.2 Å². The lowest BCUT2D eigenvalue weighted by Gasteiger charge is -2.13. The van der Waals surface area contributed by atoms with Gasteiger partial charge in [0.2, 0.25) is 0 Å². The molecule has 0 aliphatic carbocycles. The zero-order valence-corrected chi connectivity index (χ0v) is 33.1. The SMILES string of the molecule is CC(C)CNc1cc(-c2ccccc2)nn2c(-c3ccc(C#N)c(F)c3)cnc12.CC(C)CNc1cc(-c2ccccc2)nn2c(-c3ccc4c(N)n[nH]c4c3)cnc12. The van der Waals surface area contributed by atoms with Crippen molar-refractivity contribution in [3.63, 3.8) is 0 Å². The Hall–Kier alpha value is -7.59. The van der Waals surface area contributed by atoms with E-state index >= 15 is 0 Å². The Labute approximate surface area is 340 Å². The minimum atomic E-state index is -0.558. The monoisotopic (exact) mass is 782 g/mol. The fraction of sp³-hybridized carbons (Fsp3) is 0.174. The molecule has 0 spiro atoms. The molecule has 0 unspecified atom stereocenters.